The Kier molecular flexibility index (Phi) is 4.74. The molecule has 0 aromatic heterocycles. The molecule has 1 aliphatic rings. The van der Waals surface area contributed by atoms with E-state index in [1.54, 1.807) is 19.2 Å². The van der Waals surface area contributed by atoms with Crippen LogP contribution in [-0.4, -0.2) is 19.0 Å². The van der Waals surface area contributed by atoms with E-state index < -0.39 is 0 Å². The molecule has 1 atom stereocenters. The van der Waals surface area contributed by atoms with Gasteiger partial charge in [0.15, 0.2) is 17.3 Å². The van der Waals surface area contributed by atoms with Crippen molar-refractivity contribution in [1.29, 1.82) is 0 Å². The van der Waals surface area contributed by atoms with E-state index in [2.05, 4.69) is 13.8 Å². The van der Waals surface area contributed by atoms with Gasteiger partial charge in [-0.3, -0.25) is 4.79 Å². The maximum Gasteiger partial charge on any atom is 0.170 e. The van der Waals surface area contributed by atoms with Gasteiger partial charge in [0.2, 0.25) is 0 Å². The Labute approximate surface area is 142 Å². The third-order valence-electron chi connectivity index (χ3n) is 4.21. The molecule has 0 amide bonds. The number of hydrogen-bond acceptors (Lipinski definition) is 4. The molecular weight excluding hydrogens is 304 g/mol. The normalized spacial score (nSPS) is 16.5. The van der Waals surface area contributed by atoms with Gasteiger partial charge >= 0.3 is 0 Å². The third kappa shape index (κ3) is 3.37. The van der Waals surface area contributed by atoms with Crippen LogP contribution in [0.5, 0.6) is 17.2 Å². The van der Waals surface area contributed by atoms with Crippen LogP contribution in [0.4, 0.5) is 0 Å². The van der Waals surface area contributed by atoms with Crippen molar-refractivity contribution in [3.63, 3.8) is 0 Å². The topological polar surface area (TPSA) is 44.8 Å². The van der Waals surface area contributed by atoms with E-state index in [1.165, 1.54) is 0 Å². The van der Waals surface area contributed by atoms with E-state index in [0.29, 0.717) is 35.8 Å². The Balaban J connectivity index is 1.87. The highest BCUT2D eigenvalue weighted by atomic mass is 16.5. The summed E-state index contributed by atoms with van der Waals surface area (Å²) in [6, 6.07) is 13.4. The number of Topliss-reactive ketones (excluding diaryl/α,β-unsaturated/α-hetero) is 1. The molecule has 1 unspecified atom stereocenters. The Morgan fingerprint density at radius 1 is 1.17 bits per heavy atom. The highest BCUT2D eigenvalue weighted by Gasteiger charge is 2.30. The van der Waals surface area contributed by atoms with Crippen molar-refractivity contribution in [3.8, 4) is 17.2 Å². The number of fused-ring (bicyclic) bond motifs is 1. The molecule has 3 rings (SSSR count). The van der Waals surface area contributed by atoms with Crippen molar-refractivity contribution in [2.24, 2.45) is 5.92 Å². The van der Waals surface area contributed by atoms with Crippen molar-refractivity contribution in [2.45, 2.75) is 33.0 Å². The number of ether oxygens (including phenoxy) is 3. The summed E-state index contributed by atoms with van der Waals surface area (Å²) in [5, 5.41) is 0. The van der Waals surface area contributed by atoms with Crippen molar-refractivity contribution in [2.75, 3.05) is 7.11 Å². The second-order valence-electron chi connectivity index (χ2n) is 6.30. The summed E-state index contributed by atoms with van der Waals surface area (Å²) in [5.74, 6) is 2.07. The highest BCUT2D eigenvalue weighted by molar-refractivity contribution is 6.00. The molecule has 0 spiro atoms. The Morgan fingerprint density at radius 2 is 1.92 bits per heavy atom. The predicted octanol–water partition coefficient (Wildman–Crippen LogP) is 4.26. The quantitative estimate of drug-likeness (QED) is 0.823. The summed E-state index contributed by atoms with van der Waals surface area (Å²) >= 11 is 0. The summed E-state index contributed by atoms with van der Waals surface area (Å²) in [5.41, 5.74) is 1.63. The Bertz CT molecular complexity index is 722. The fourth-order valence-electron chi connectivity index (χ4n) is 2.73. The van der Waals surface area contributed by atoms with Gasteiger partial charge in [-0.25, -0.2) is 0 Å². The largest absolute Gasteiger partial charge is 0.493 e. The van der Waals surface area contributed by atoms with Crippen molar-refractivity contribution in [3.05, 3.63) is 53.6 Å². The zero-order valence-electron chi connectivity index (χ0n) is 14.2. The number of carbonyl (C=O) groups is 1. The first-order chi connectivity index (χ1) is 11.6. The summed E-state index contributed by atoms with van der Waals surface area (Å²) in [7, 11) is 1.57. The van der Waals surface area contributed by atoms with Gasteiger partial charge in [-0.15, -0.1) is 0 Å². The first kappa shape index (κ1) is 16.4. The maximum atomic E-state index is 12.4. The summed E-state index contributed by atoms with van der Waals surface area (Å²) < 4.78 is 17.3. The second kappa shape index (κ2) is 6.95. The summed E-state index contributed by atoms with van der Waals surface area (Å²) in [4.78, 5) is 12.4. The van der Waals surface area contributed by atoms with Gasteiger partial charge in [-0.1, -0.05) is 44.2 Å². The molecule has 1 heterocycles. The molecule has 2 aromatic rings. The van der Waals surface area contributed by atoms with Gasteiger partial charge in [0.1, 0.15) is 18.5 Å². The molecule has 0 aliphatic carbocycles. The van der Waals surface area contributed by atoms with Crippen LogP contribution in [0.2, 0.25) is 0 Å². The molecule has 0 saturated heterocycles. The van der Waals surface area contributed by atoms with Crippen LogP contribution in [0.1, 0.15) is 36.2 Å². The predicted molar refractivity (Wildman–Crippen MR) is 92.0 cm³/mol. The molecular formula is C20H22O4. The molecule has 0 radical (unpaired) electrons. The van der Waals surface area contributed by atoms with Gasteiger partial charge in [0.05, 0.1) is 12.7 Å². The molecule has 4 nitrogen and oxygen atoms in total. The van der Waals surface area contributed by atoms with Crippen LogP contribution in [0.3, 0.4) is 0 Å². The monoisotopic (exact) mass is 326 g/mol. The number of methoxy groups -OCH3 is 1. The first-order valence-electron chi connectivity index (χ1n) is 8.17. The summed E-state index contributed by atoms with van der Waals surface area (Å²) in [6.07, 6.45) is 0.304. The van der Waals surface area contributed by atoms with Gasteiger partial charge in [-0.2, -0.15) is 0 Å². The fraction of sp³-hybridized carbons (Fsp3) is 0.350. The van der Waals surface area contributed by atoms with E-state index >= 15 is 0 Å². The number of carbonyl (C=O) groups excluding carboxylic acids is 1. The van der Waals surface area contributed by atoms with Crippen molar-refractivity contribution < 1.29 is 19.0 Å². The maximum absolute atomic E-state index is 12.4. The fourth-order valence-corrected chi connectivity index (χ4v) is 2.73. The van der Waals surface area contributed by atoms with Crippen molar-refractivity contribution in [1.82, 2.24) is 0 Å². The first-order valence-corrected chi connectivity index (χ1v) is 8.17. The molecule has 24 heavy (non-hydrogen) atoms. The summed E-state index contributed by atoms with van der Waals surface area (Å²) in [6.45, 7) is 4.54. The van der Waals surface area contributed by atoms with Crippen LogP contribution in [0.25, 0.3) is 0 Å². The van der Waals surface area contributed by atoms with Gasteiger partial charge in [-0.05, 0) is 17.5 Å². The van der Waals surface area contributed by atoms with Gasteiger partial charge < -0.3 is 14.2 Å². The Morgan fingerprint density at radius 3 is 2.58 bits per heavy atom. The molecule has 2 aromatic carbocycles. The molecule has 0 N–H and O–H groups in total. The van der Waals surface area contributed by atoms with Crippen LogP contribution >= 0.6 is 0 Å². The standard InChI is InChI=1S/C20H22O4/c1-13(2)17-10-16(21)15-9-19(22-3)20(11-18(15)24-17)23-12-14-7-5-4-6-8-14/h4-9,11,13,17H,10,12H2,1-3H3. The third-order valence-corrected chi connectivity index (χ3v) is 4.21. The van der Waals surface area contributed by atoms with E-state index in [-0.39, 0.29) is 17.8 Å². The van der Waals surface area contributed by atoms with Crippen LogP contribution in [0.15, 0.2) is 42.5 Å². The molecule has 4 heteroatoms. The minimum Gasteiger partial charge on any atom is -0.493 e. The SMILES string of the molecule is COc1cc2c(cc1OCc1ccccc1)OC(C(C)C)CC2=O. The van der Waals surface area contributed by atoms with Gasteiger partial charge in [0.25, 0.3) is 0 Å². The van der Waals surface area contributed by atoms with E-state index in [0.717, 1.165) is 5.56 Å². The molecule has 0 saturated carbocycles. The second-order valence-corrected chi connectivity index (χ2v) is 6.30. The van der Waals surface area contributed by atoms with Gasteiger partial charge in [0, 0.05) is 12.5 Å². The van der Waals surface area contributed by atoms with Crippen LogP contribution in [-0.2, 0) is 6.61 Å². The number of rotatable bonds is 5. The highest BCUT2D eigenvalue weighted by Crippen LogP contribution is 2.39. The number of ketones is 1. The zero-order chi connectivity index (χ0) is 17.1. The number of hydrogen-bond donors (Lipinski definition) is 0. The molecule has 0 bridgehead atoms. The van der Waals surface area contributed by atoms with Crippen molar-refractivity contribution >= 4 is 5.78 Å². The lowest BCUT2D eigenvalue weighted by molar-refractivity contribution is 0.0770. The minimum absolute atomic E-state index is 0.0860. The molecule has 126 valence electrons. The average Bonchev–Trinajstić information content (AvgIpc) is 2.60. The van der Waals surface area contributed by atoms with E-state index in [1.807, 2.05) is 30.3 Å². The Hall–Kier alpha value is -2.49. The van der Waals surface area contributed by atoms with Crippen LogP contribution < -0.4 is 14.2 Å². The number of benzene rings is 2. The zero-order valence-corrected chi connectivity index (χ0v) is 14.2. The lowest BCUT2D eigenvalue weighted by Gasteiger charge is -2.28. The van der Waals surface area contributed by atoms with Crippen LogP contribution in [0, 0.1) is 5.92 Å². The smallest absolute Gasteiger partial charge is 0.170 e. The molecule has 1 aliphatic heterocycles. The van der Waals surface area contributed by atoms with E-state index in [9.17, 15) is 4.79 Å². The molecule has 0 fully saturated rings. The lowest BCUT2D eigenvalue weighted by Crippen LogP contribution is -2.31. The minimum atomic E-state index is -0.0969. The van der Waals surface area contributed by atoms with E-state index in [4.69, 9.17) is 14.2 Å². The lowest BCUT2D eigenvalue weighted by atomic mass is 9.94. The average molecular weight is 326 g/mol.